The Labute approximate surface area is 127 Å². The van der Waals surface area contributed by atoms with E-state index in [1.54, 1.807) is 6.26 Å². The predicted molar refractivity (Wildman–Crippen MR) is 88.4 cm³/mol. The van der Waals surface area contributed by atoms with Crippen molar-refractivity contribution in [3.8, 4) is 0 Å². The van der Waals surface area contributed by atoms with Gasteiger partial charge >= 0.3 is 0 Å². The van der Waals surface area contributed by atoms with Crippen molar-refractivity contribution in [2.45, 2.75) is 39.0 Å². The minimum Gasteiger partial charge on any atom is -0.474 e. The highest BCUT2D eigenvalue weighted by molar-refractivity contribution is 6.87. The van der Waals surface area contributed by atoms with Crippen LogP contribution in [0.1, 0.15) is 24.1 Å². The lowest BCUT2D eigenvalue weighted by Crippen LogP contribution is -2.36. The lowest BCUT2D eigenvalue weighted by molar-refractivity contribution is -0.121. The van der Waals surface area contributed by atoms with Crippen molar-refractivity contribution in [1.29, 1.82) is 0 Å². The Hall–Kier alpha value is -1.81. The topological polar surface area (TPSA) is 42.2 Å². The molecule has 112 valence electrons. The first-order valence-electron chi connectivity index (χ1n) is 7.28. The maximum absolute atomic E-state index is 12.1. The van der Waals surface area contributed by atoms with Gasteiger partial charge in [-0.15, -0.1) is 0 Å². The second kappa shape index (κ2) is 6.31. The van der Waals surface area contributed by atoms with Crippen molar-refractivity contribution < 1.29 is 9.21 Å². The van der Waals surface area contributed by atoms with Gasteiger partial charge in [0.25, 0.3) is 0 Å². The van der Waals surface area contributed by atoms with E-state index in [-0.39, 0.29) is 11.9 Å². The van der Waals surface area contributed by atoms with Crippen molar-refractivity contribution >= 4 is 19.4 Å². The molecule has 1 atom stereocenters. The van der Waals surface area contributed by atoms with Crippen molar-refractivity contribution in [3.05, 3.63) is 53.8 Å². The number of benzene rings is 1. The highest BCUT2D eigenvalue weighted by Crippen LogP contribution is 2.14. The molecule has 0 aliphatic carbocycles. The van der Waals surface area contributed by atoms with Gasteiger partial charge in [-0.05, 0) is 18.6 Å². The second-order valence-electron chi connectivity index (χ2n) is 6.45. The van der Waals surface area contributed by atoms with Crippen LogP contribution in [0, 0.1) is 0 Å². The van der Waals surface area contributed by atoms with Crippen LogP contribution in [0.5, 0.6) is 0 Å². The van der Waals surface area contributed by atoms with Crippen LogP contribution in [0.3, 0.4) is 0 Å². The van der Waals surface area contributed by atoms with Crippen LogP contribution in [0.15, 0.2) is 47.1 Å². The van der Waals surface area contributed by atoms with Gasteiger partial charge in [-0.3, -0.25) is 4.79 Å². The van der Waals surface area contributed by atoms with E-state index in [4.69, 9.17) is 4.42 Å². The van der Waals surface area contributed by atoms with Gasteiger partial charge in [-0.1, -0.05) is 50.0 Å². The average Bonchev–Trinajstić information content (AvgIpc) is 2.89. The largest absolute Gasteiger partial charge is 0.474 e. The quantitative estimate of drug-likeness (QED) is 0.861. The fraction of sp³-hybridized carbons (Fsp3) is 0.353. The van der Waals surface area contributed by atoms with E-state index in [1.807, 2.05) is 37.3 Å². The monoisotopic (exact) mass is 301 g/mol. The van der Waals surface area contributed by atoms with Crippen LogP contribution in [0.25, 0.3) is 0 Å². The zero-order valence-electron chi connectivity index (χ0n) is 13.1. The van der Waals surface area contributed by atoms with Crippen molar-refractivity contribution in [1.82, 2.24) is 5.32 Å². The normalized spacial score (nSPS) is 13.0. The maximum Gasteiger partial charge on any atom is 0.224 e. The molecular formula is C17H23NO2Si. The molecule has 1 aromatic carbocycles. The standard InChI is InChI=1S/C17H23NO2Si/c1-13(15-11-17(20-12-15)21(2,3)4)18-16(19)10-14-8-6-5-7-9-14/h5-9,11-13H,10H2,1-4H3,(H,18,19). The molecular weight excluding hydrogens is 278 g/mol. The highest BCUT2D eigenvalue weighted by atomic mass is 28.3. The molecule has 1 heterocycles. The molecule has 0 fully saturated rings. The summed E-state index contributed by atoms with van der Waals surface area (Å²) in [5.74, 6) is 0.0319. The van der Waals surface area contributed by atoms with Crippen LogP contribution >= 0.6 is 0 Å². The van der Waals surface area contributed by atoms with E-state index in [9.17, 15) is 4.79 Å². The number of amides is 1. The SMILES string of the molecule is CC(NC(=O)Cc1ccccc1)c1coc([Si](C)(C)C)c1. The summed E-state index contributed by atoms with van der Waals surface area (Å²) in [4.78, 5) is 12.1. The summed E-state index contributed by atoms with van der Waals surface area (Å²) >= 11 is 0. The van der Waals surface area contributed by atoms with Gasteiger partial charge in [-0.25, -0.2) is 0 Å². The summed E-state index contributed by atoms with van der Waals surface area (Å²) in [7, 11) is -1.44. The van der Waals surface area contributed by atoms with Crippen molar-refractivity contribution in [2.75, 3.05) is 0 Å². The number of hydrogen-bond acceptors (Lipinski definition) is 2. The molecule has 3 nitrogen and oxygen atoms in total. The number of nitrogens with one attached hydrogen (secondary N) is 1. The van der Waals surface area contributed by atoms with E-state index in [2.05, 4.69) is 31.0 Å². The predicted octanol–water partition coefficient (Wildman–Crippen LogP) is 3.24. The zero-order chi connectivity index (χ0) is 15.5. The molecule has 1 aromatic heterocycles. The third-order valence-electron chi connectivity index (χ3n) is 3.44. The molecule has 0 saturated carbocycles. The fourth-order valence-corrected chi connectivity index (χ4v) is 3.14. The minimum absolute atomic E-state index is 0.0319. The van der Waals surface area contributed by atoms with Crippen molar-refractivity contribution in [2.24, 2.45) is 0 Å². The molecule has 0 aliphatic rings. The molecule has 2 aromatic rings. The second-order valence-corrected chi connectivity index (χ2v) is 11.4. The molecule has 4 heteroatoms. The van der Waals surface area contributed by atoms with Gasteiger partial charge in [0.15, 0.2) is 0 Å². The lowest BCUT2D eigenvalue weighted by Gasteiger charge is -2.13. The average molecular weight is 301 g/mol. The molecule has 21 heavy (non-hydrogen) atoms. The molecule has 2 rings (SSSR count). The summed E-state index contributed by atoms with van der Waals surface area (Å²) in [6, 6.07) is 11.8. The van der Waals surface area contributed by atoms with Crippen LogP contribution in [-0.2, 0) is 11.2 Å². The zero-order valence-corrected chi connectivity index (χ0v) is 14.1. The van der Waals surface area contributed by atoms with Crippen LogP contribution < -0.4 is 10.7 Å². The lowest BCUT2D eigenvalue weighted by atomic mass is 10.1. The summed E-state index contributed by atoms with van der Waals surface area (Å²) in [5.41, 5.74) is 2.06. The maximum atomic E-state index is 12.1. The Balaban J connectivity index is 1.96. The van der Waals surface area contributed by atoms with Gasteiger partial charge in [0.05, 0.1) is 24.1 Å². The van der Waals surface area contributed by atoms with Gasteiger partial charge in [0.1, 0.15) is 8.07 Å². The van der Waals surface area contributed by atoms with Crippen LogP contribution in [0.4, 0.5) is 0 Å². The molecule has 0 aliphatic heterocycles. The number of carbonyl (C=O) groups is 1. The van der Waals surface area contributed by atoms with Gasteiger partial charge in [-0.2, -0.15) is 0 Å². The van der Waals surface area contributed by atoms with E-state index < -0.39 is 8.07 Å². The van der Waals surface area contributed by atoms with Gasteiger partial charge in [0.2, 0.25) is 5.91 Å². The Bertz CT molecular complexity index is 599. The Morgan fingerprint density at radius 2 is 1.90 bits per heavy atom. The van der Waals surface area contributed by atoms with Crippen LogP contribution in [0.2, 0.25) is 19.6 Å². The third kappa shape index (κ3) is 4.33. The highest BCUT2D eigenvalue weighted by Gasteiger charge is 2.22. The number of furan rings is 1. The first-order chi connectivity index (χ1) is 9.86. The summed E-state index contributed by atoms with van der Waals surface area (Å²) in [6.45, 7) is 8.72. The summed E-state index contributed by atoms with van der Waals surface area (Å²) in [6.07, 6.45) is 2.17. The van der Waals surface area contributed by atoms with E-state index >= 15 is 0 Å². The number of carbonyl (C=O) groups excluding carboxylic acids is 1. The molecule has 0 radical (unpaired) electrons. The summed E-state index contributed by atoms with van der Waals surface area (Å²) in [5, 5.41) is 4.10. The van der Waals surface area contributed by atoms with Crippen LogP contribution in [-0.4, -0.2) is 14.0 Å². The Kier molecular flexibility index (Phi) is 4.68. The van der Waals surface area contributed by atoms with Crippen molar-refractivity contribution in [3.63, 3.8) is 0 Å². The van der Waals surface area contributed by atoms with E-state index in [0.29, 0.717) is 6.42 Å². The summed E-state index contributed by atoms with van der Waals surface area (Å²) < 4.78 is 5.66. The minimum atomic E-state index is -1.44. The fourth-order valence-electron chi connectivity index (χ4n) is 2.13. The molecule has 1 unspecified atom stereocenters. The molecule has 0 spiro atoms. The Morgan fingerprint density at radius 3 is 2.48 bits per heavy atom. The number of hydrogen-bond donors (Lipinski definition) is 1. The van der Waals surface area contributed by atoms with E-state index in [1.165, 1.54) is 0 Å². The first kappa shape index (κ1) is 15.6. The van der Waals surface area contributed by atoms with Gasteiger partial charge in [0, 0.05) is 5.56 Å². The molecule has 0 saturated heterocycles. The van der Waals surface area contributed by atoms with Gasteiger partial charge < -0.3 is 9.73 Å². The third-order valence-corrected chi connectivity index (χ3v) is 5.18. The smallest absolute Gasteiger partial charge is 0.224 e. The Morgan fingerprint density at radius 1 is 1.24 bits per heavy atom. The number of rotatable bonds is 5. The molecule has 1 N–H and O–H groups in total. The van der Waals surface area contributed by atoms with E-state index in [0.717, 1.165) is 16.5 Å². The molecule has 0 bridgehead atoms. The first-order valence-corrected chi connectivity index (χ1v) is 10.8. The molecule has 1 amide bonds.